The molecule has 21 heavy (non-hydrogen) atoms. The number of nitrogens with zero attached hydrogens (tertiary/aromatic N) is 3. The lowest BCUT2D eigenvalue weighted by Gasteiger charge is -2.28. The van der Waals surface area contributed by atoms with E-state index in [9.17, 15) is 22.4 Å². The molecule has 9 heteroatoms. The van der Waals surface area contributed by atoms with Gasteiger partial charge >= 0.3 is 12.1 Å². The van der Waals surface area contributed by atoms with Crippen molar-refractivity contribution in [3.05, 3.63) is 29.5 Å². The Balaban J connectivity index is 2.38. The van der Waals surface area contributed by atoms with Gasteiger partial charge in [0.1, 0.15) is 5.41 Å². The van der Waals surface area contributed by atoms with Crippen LogP contribution in [-0.4, -0.2) is 31.9 Å². The monoisotopic (exact) mass is 303 g/mol. The van der Waals surface area contributed by atoms with Crippen molar-refractivity contribution < 1.29 is 27.5 Å². The van der Waals surface area contributed by atoms with Gasteiger partial charge in [-0.25, -0.2) is 9.50 Å². The molecule has 2 atom stereocenters. The van der Waals surface area contributed by atoms with Crippen LogP contribution in [0.25, 0.3) is 5.65 Å². The Labute approximate surface area is 115 Å². The zero-order valence-corrected chi connectivity index (χ0v) is 10.6. The summed E-state index contributed by atoms with van der Waals surface area (Å²) in [7, 11) is 0. The zero-order chi connectivity index (χ0) is 15.6. The molecular formula is C12H9F4N3O2. The van der Waals surface area contributed by atoms with Gasteiger partial charge in [-0.2, -0.15) is 17.6 Å². The maximum Gasteiger partial charge on any atom is 0.399 e. The van der Waals surface area contributed by atoms with Crippen LogP contribution in [0.3, 0.4) is 0 Å². The molecule has 0 radical (unpaired) electrons. The lowest BCUT2D eigenvalue weighted by Crippen LogP contribution is -2.39. The number of aromatic nitrogens is 3. The topological polar surface area (TPSA) is 67.5 Å². The number of carboxylic acids is 1. The van der Waals surface area contributed by atoms with E-state index in [1.807, 2.05) is 0 Å². The first kappa shape index (κ1) is 13.8. The molecule has 1 N–H and O–H groups in total. The number of hydrogen-bond acceptors (Lipinski definition) is 3. The largest absolute Gasteiger partial charge is 0.481 e. The molecule has 0 saturated heterocycles. The summed E-state index contributed by atoms with van der Waals surface area (Å²) in [5.41, 5.74) is -2.97. The van der Waals surface area contributed by atoms with Crippen LogP contribution in [0, 0.1) is 5.95 Å². The number of alkyl halides is 3. The van der Waals surface area contributed by atoms with E-state index in [1.54, 1.807) is 0 Å². The maximum absolute atomic E-state index is 13.4. The molecule has 0 fully saturated rings. The normalized spacial score (nSPS) is 25.3. The van der Waals surface area contributed by atoms with Crippen molar-refractivity contribution >= 4 is 11.6 Å². The first-order chi connectivity index (χ1) is 9.65. The zero-order valence-electron chi connectivity index (χ0n) is 10.6. The van der Waals surface area contributed by atoms with Gasteiger partial charge in [-0.05, 0) is 13.3 Å². The van der Waals surface area contributed by atoms with Gasteiger partial charge in [-0.1, -0.05) is 0 Å². The molecule has 5 nitrogen and oxygen atoms in total. The van der Waals surface area contributed by atoms with E-state index in [1.165, 1.54) is 0 Å². The van der Waals surface area contributed by atoms with Crippen molar-refractivity contribution in [3.63, 3.8) is 0 Å². The number of halogens is 4. The summed E-state index contributed by atoms with van der Waals surface area (Å²) in [4.78, 5) is 15.0. The predicted octanol–water partition coefficient (Wildman–Crippen LogP) is 2.26. The average Bonchev–Trinajstić information content (AvgIpc) is 2.86. The molecule has 2 aromatic heterocycles. The maximum atomic E-state index is 13.4. The van der Waals surface area contributed by atoms with Gasteiger partial charge in [0.25, 0.3) is 0 Å². The highest BCUT2D eigenvalue weighted by molar-refractivity contribution is 5.78. The summed E-state index contributed by atoms with van der Waals surface area (Å²) in [6, 6.07) is 0.894. The van der Waals surface area contributed by atoms with E-state index < -0.39 is 35.8 Å². The minimum atomic E-state index is -4.69. The summed E-state index contributed by atoms with van der Waals surface area (Å²) in [6.07, 6.45) is -4.30. The molecule has 0 bridgehead atoms. The standard InChI is InChI=1S/C12H9F4N3O2/c1-11(12(14,15)16)3-5(10(20)21)6-4-17-8-2-7(13)18-19(8)9(6)11/h2,4-5H,3H2,1H3,(H,20,21). The van der Waals surface area contributed by atoms with Gasteiger partial charge < -0.3 is 5.11 Å². The van der Waals surface area contributed by atoms with Gasteiger partial charge in [0.05, 0.1) is 11.6 Å². The Morgan fingerprint density at radius 3 is 2.76 bits per heavy atom. The molecule has 1 aliphatic carbocycles. The third kappa shape index (κ3) is 1.72. The smallest absolute Gasteiger partial charge is 0.399 e. The molecule has 0 saturated carbocycles. The highest BCUT2D eigenvalue weighted by Crippen LogP contribution is 2.53. The van der Waals surface area contributed by atoms with E-state index in [0.717, 1.165) is 23.7 Å². The quantitative estimate of drug-likeness (QED) is 0.821. The fourth-order valence-corrected chi connectivity index (χ4v) is 2.81. The molecule has 0 aliphatic heterocycles. The average molecular weight is 303 g/mol. The molecular weight excluding hydrogens is 294 g/mol. The lowest BCUT2D eigenvalue weighted by molar-refractivity contribution is -0.187. The van der Waals surface area contributed by atoms with Crippen LogP contribution in [0.2, 0.25) is 0 Å². The van der Waals surface area contributed by atoms with Gasteiger partial charge in [0.2, 0.25) is 5.95 Å². The second-order valence-corrected chi connectivity index (χ2v) is 5.22. The van der Waals surface area contributed by atoms with Gasteiger partial charge in [-0.15, -0.1) is 5.10 Å². The third-order valence-electron chi connectivity index (χ3n) is 3.92. The molecule has 2 aromatic rings. The number of hydrogen-bond donors (Lipinski definition) is 1. The number of fused-ring (bicyclic) bond motifs is 3. The van der Waals surface area contributed by atoms with Gasteiger partial charge in [0.15, 0.2) is 5.65 Å². The second-order valence-electron chi connectivity index (χ2n) is 5.22. The fourth-order valence-electron chi connectivity index (χ4n) is 2.81. The van der Waals surface area contributed by atoms with Crippen molar-refractivity contribution in [2.75, 3.05) is 0 Å². The van der Waals surface area contributed by atoms with Crippen LogP contribution in [0.4, 0.5) is 17.6 Å². The molecule has 3 rings (SSSR count). The van der Waals surface area contributed by atoms with Crippen LogP contribution in [0.5, 0.6) is 0 Å². The van der Waals surface area contributed by atoms with Crippen molar-refractivity contribution in [2.45, 2.75) is 30.9 Å². The Morgan fingerprint density at radius 1 is 1.52 bits per heavy atom. The summed E-state index contributed by atoms with van der Waals surface area (Å²) >= 11 is 0. The van der Waals surface area contributed by atoms with E-state index in [-0.39, 0.29) is 16.9 Å². The molecule has 2 heterocycles. The second kappa shape index (κ2) is 3.92. The summed E-state index contributed by atoms with van der Waals surface area (Å²) in [5, 5.41) is 12.5. The Morgan fingerprint density at radius 2 is 2.19 bits per heavy atom. The van der Waals surface area contributed by atoms with E-state index in [4.69, 9.17) is 5.11 Å². The minimum Gasteiger partial charge on any atom is -0.481 e. The Bertz CT molecular complexity index is 755. The summed E-state index contributed by atoms with van der Waals surface area (Å²) in [6.45, 7) is 0.897. The molecule has 1 aliphatic rings. The lowest BCUT2D eigenvalue weighted by atomic mass is 9.85. The van der Waals surface area contributed by atoms with Crippen molar-refractivity contribution in [2.24, 2.45) is 0 Å². The molecule has 0 amide bonds. The molecule has 0 spiro atoms. The van der Waals surface area contributed by atoms with Crippen molar-refractivity contribution in [1.82, 2.24) is 14.6 Å². The molecule has 112 valence electrons. The third-order valence-corrected chi connectivity index (χ3v) is 3.92. The van der Waals surface area contributed by atoms with E-state index in [2.05, 4.69) is 10.1 Å². The van der Waals surface area contributed by atoms with Crippen molar-refractivity contribution in [1.29, 1.82) is 0 Å². The number of rotatable bonds is 1. The van der Waals surface area contributed by atoms with Crippen LogP contribution in [0.1, 0.15) is 30.5 Å². The van der Waals surface area contributed by atoms with Gasteiger partial charge in [-0.3, -0.25) is 4.79 Å². The molecule has 2 unspecified atom stereocenters. The highest BCUT2D eigenvalue weighted by Gasteiger charge is 2.61. The highest BCUT2D eigenvalue weighted by atomic mass is 19.4. The Hall–Kier alpha value is -2.19. The molecule has 0 aromatic carbocycles. The summed E-state index contributed by atoms with van der Waals surface area (Å²) < 4.78 is 54.3. The van der Waals surface area contributed by atoms with Crippen LogP contribution >= 0.6 is 0 Å². The van der Waals surface area contributed by atoms with Crippen LogP contribution in [-0.2, 0) is 10.2 Å². The summed E-state index contributed by atoms with van der Waals surface area (Å²) in [5.74, 6) is -3.70. The van der Waals surface area contributed by atoms with E-state index in [0.29, 0.717) is 0 Å². The fraction of sp³-hybridized carbons (Fsp3) is 0.417. The number of aliphatic carboxylic acids is 1. The Kier molecular flexibility index (Phi) is 2.57. The van der Waals surface area contributed by atoms with Crippen LogP contribution in [0.15, 0.2) is 12.3 Å². The SMILES string of the molecule is CC1(C(F)(F)F)CC(C(=O)O)c2cnc3cc(F)nn3c21. The number of carbonyl (C=O) groups is 1. The van der Waals surface area contributed by atoms with Crippen molar-refractivity contribution in [3.8, 4) is 0 Å². The first-order valence-electron chi connectivity index (χ1n) is 5.99. The first-order valence-corrected chi connectivity index (χ1v) is 5.99. The number of carboxylic acid groups (broad SMARTS) is 1. The van der Waals surface area contributed by atoms with Crippen LogP contribution < -0.4 is 0 Å². The van der Waals surface area contributed by atoms with E-state index >= 15 is 0 Å². The minimum absolute atomic E-state index is 0.0853. The predicted molar refractivity (Wildman–Crippen MR) is 61.3 cm³/mol. The van der Waals surface area contributed by atoms with Gasteiger partial charge in [0, 0.05) is 17.8 Å².